The van der Waals surface area contributed by atoms with Crippen molar-refractivity contribution in [2.45, 2.75) is 39.7 Å². The highest BCUT2D eigenvalue weighted by atomic mass is 16.4. The van der Waals surface area contributed by atoms with Crippen molar-refractivity contribution in [1.29, 1.82) is 0 Å². The van der Waals surface area contributed by atoms with Crippen molar-refractivity contribution in [3.8, 4) is 0 Å². The number of carbonyl (C=O) groups is 1. The van der Waals surface area contributed by atoms with Crippen molar-refractivity contribution in [2.24, 2.45) is 0 Å². The maximum atomic E-state index is 11.8. The lowest BCUT2D eigenvalue weighted by atomic mass is 10.1. The van der Waals surface area contributed by atoms with Crippen LogP contribution in [0.3, 0.4) is 0 Å². The highest BCUT2D eigenvalue weighted by molar-refractivity contribution is 5.88. The predicted octanol–water partition coefficient (Wildman–Crippen LogP) is 2.05. The van der Waals surface area contributed by atoms with Crippen molar-refractivity contribution in [3.05, 3.63) is 33.7 Å². The first-order valence-electron chi connectivity index (χ1n) is 5.51. The van der Waals surface area contributed by atoms with Gasteiger partial charge in [-0.25, -0.2) is 4.79 Å². The number of aryl methyl sites for hydroxylation is 2. The summed E-state index contributed by atoms with van der Waals surface area (Å²) >= 11 is 0. The van der Waals surface area contributed by atoms with E-state index in [2.05, 4.69) is 6.92 Å². The summed E-state index contributed by atoms with van der Waals surface area (Å²) in [7, 11) is 0. The van der Waals surface area contributed by atoms with Crippen LogP contribution in [0.5, 0.6) is 0 Å². The molecule has 4 nitrogen and oxygen atoms in total. The molecule has 0 aliphatic rings. The third-order valence-corrected chi connectivity index (χ3v) is 2.59. The molecule has 0 spiro atoms. The van der Waals surface area contributed by atoms with E-state index in [9.17, 15) is 9.59 Å². The van der Waals surface area contributed by atoms with Crippen molar-refractivity contribution in [1.82, 2.24) is 4.57 Å². The van der Waals surface area contributed by atoms with Gasteiger partial charge < -0.3 is 9.67 Å². The Hall–Kier alpha value is -1.58. The van der Waals surface area contributed by atoms with Crippen LogP contribution in [-0.4, -0.2) is 15.6 Å². The van der Waals surface area contributed by atoms with Gasteiger partial charge in [0.05, 0.1) is 0 Å². The zero-order valence-corrected chi connectivity index (χ0v) is 9.69. The molecule has 0 atom stereocenters. The van der Waals surface area contributed by atoms with Gasteiger partial charge >= 0.3 is 5.97 Å². The molecule has 0 radical (unpaired) electrons. The normalized spacial score (nSPS) is 10.4. The van der Waals surface area contributed by atoms with Crippen molar-refractivity contribution in [3.63, 3.8) is 0 Å². The average Bonchev–Trinajstić information content (AvgIpc) is 2.21. The third kappa shape index (κ3) is 2.72. The summed E-state index contributed by atoms with van der Waals surface area (Å²) in [6, 6.07) is 1.68. The second-order valence-corrected chi connectivity index (χ2v) is 3.88. The molecule has 1 rings (SSSR count). The van der Waals surface area contributed by atoms with Crippen LogP contribution >= 0.6 is 0 Å². The molecule has 88 valence electrons. The van der Waals surface area contributed by atoms with Crippen molar-refractivity contribution in [2.75, 3.05) is 0 Å². The van der Waals surface area contributed by atoms with Crippen LogP contribution < -0.4 is 5.56 Å². The first-order chi connectivity index (χ1) is 7.57. The number of carboxylic acids is 1. The van der Waals surface area contributed by atoms with E-state index in [1.54, 1.807) is 19.2 Å². The molecule has 1 aromatic heterocycles. The Kier molecular flexibility index (Phi) is 4.28. The minimum Gasteiger partial charge on any atom is -0.477 e. The molecule has 1 N–H and O–H groups in total. The first-order valence-corrected chi connectivity index (χ1v) is 5.51. The zero-order chi connectivity index (χ0) is 12.1. The van der Waals surface area contributed by atoms with Crippen LogP contribution in [0.4, 0.5) is 0 Å². The summed E-state index contributed by atoms with van der Waals surface area (Å²) in [6.07, 6.45) is 4.69. The predicted molar refractivity (Wildman–Crippen MR) is 61.9 cm³/mol. The summed E-state index contributed by atoms with van der Waals surface area (Å²) < 4.78 is 1.48. The lowest BCUT2D eigenvalue weighted by Gasteiger charge is -2.07. The van der Waals surface area contributed by atoms with Gasteiger partial charge in [0, 0.05) is 12.7 Å². The van der Waals surface area contributed by atoms with Crippen LogP contribution in [0.1, 0.15) is 42.1 Å². The van der Waals surface area contributed by atoms with E-state index in [0.29, 0.717) is 12.1 Å². The molecule has 0 amide bonds. The quantitative estimate of drug-likeness (QED) is 0.777. The molecular formula is C12H17NO3. The summed E-state index contributed by atoms with van der Waals surface area (Å²) in [5, 5.41) is 8.93. The minimum absolute atomic E-state index is 0.112. The van der Waals surface area contributed by atoms with Crippen LogP contribution in [0, 0.1) is 6.92 Å². The summed E-state index contributed by atoms with van der Waals surface area (Å²) in [5.41, 5.74) is 0.00634. The van der Waals surface area contributed by atoms with E-state index in [1.807, 2.05) is 0 Å². The summed E-state index contributed by atoms with van der Waals surface area (Å²) in [5.74, 6) is -1.15. The molecule has 0 bridgehead atoms. The largest absolute Gasteiger partial charge is 0.477 e. The molecule has 1 heterocycles. The highest BCUT2D eigenvalue weighted by Crippen LogP contribution is 2.03. The zero-order valence-electron chi connectivity index (χ0n) is 9.69. The number of nitrogens with zero attached hydrogens (tertiary/aromatic N) is 1. The average molecular weight is 223 g/mol. The molecule has 4 heteroatoms. The van der Waals surface area contributed by atoms with Crippen LogP contribution in [0.2, 0.25) is 0 Å². The molecule has 1 aromatic rings. The molecule has 0 fully saturated rings. The molecule has 16 heavy (non-hydrogen) atoms. The van der Waals surface area contributed by atoms with Crippen LogP contribution in [0.15, 0.2) is 17.1 Å². The molecule has 0 aliphatic heterocycles. The topological polar surface area (TPSA) is 59.3 Å². The van der Waals surface area contributed by atoms with Gasteiger partial charge in [-0.1, -0.05) is 19.8 Å². The Labute approximate surface area is 94.5 Å². The summed E-state index contributed by atoms with van der Waals surface area (Å²) in [4.78, 5) is 22.7. The molecule has 0 unspecified atom stereocenters. The molecule has 0 saturated carbocycles. The van der Waals surface area contributed by atoms with Gasteiger partial charge in [0.25, 0.3) is 5.56 Å². The fourth-order valence-electron chi connectivity index (χ4n) is 1.63. The molecule has 0 aromatic carbocycles. The van der Waals surface area contributed by atoms with Gasteiger partial charge in [0.15, 0.2) is 0 Å². The Bertz CT molecular complexity index is 434. The van der Waals surface area contributed by atoms with Crippen molar-refractivity contribution < 1.29 is 9.90 Å². The van der Waals surface area contributed by atoms with E-state index in [1.165, 1.54) is 4.57 Å². The third-order valence-electron chi connectivity index (χ3n) is 2.59. The lowest BCUT2D eigenvalue weighted by molar-refractivity contribution is 0.0693. The van der Waals surface area contributed by atoms with E-state index in [4.69, 9.17) is 5.11 Å². The highest BCUT2D eigenvalue weighted by Gasteiger charge is 2.13. The number of unbranched alkanes of at least 4 members (excludes halogenated alkanes) is 2. The number of aromatic carboxylic acids is 1. The number of pyridine rings is 1. The molecule has 0 saturated heterocycles. The maximum Gasteiger partial charge on any atom is 0.341 e. The second-order valence-electron chi connectivity index (χ2n) is 3.88. The first kappa shape index (κ1) is 12.5. The standard InChI is InChI=1S/C12H17NO3/c1-3-4-5-7-13-8-6-9(2)10(11(13)14)12(15)16/h6,8H,3-5,7H2,1-2H3,(H,15,16). The maximum absolute atomic E-state index is 11.8. The monoisotopic (exact) mass is 223 g/mol. The number of hydrogen-bond acceptors (Lipinski definition) is 2. The fourth-order valence-corrected chi connectivity index (χ4v) is 1.63. The van der Waals surface area contributed by atoms with Gasteiger partial charge in [-0.05, 0) is 25.0 Å². The van der Waals surface area contributed by atoms with Gasteiger partial charge in [-0.15, -0.1) is 0 Å². The summed E-state index contributed by atoms with van der Waals surface area (Å²) in [6.45, 7) is 4.31. The van der Waals surface area contributed by atoms with E-state index in [0.717, 1.165) is 19.3 Å². The van der Waals surface area contributed by atoms with Gasteiger partial charge in [-0.2, -0.15) is 0 Å². The SMILES string of the molecule is CCCCCn1ccc(C)c(C(=O)O)c1=O. The molecular weight excluding hydrogens is 206 g/mol. The Morgan fingerprint density at radius 1 is 1.44 bits per heavy atom. The smallest absolute Gasteiger partial charge is 0.341 e. The number of hydrogen-bond donors (Lipinski definition) is 1. The van der Waals surface area contributed by atoms with Crippen molar-refractivity contribution >= 4 is 5.97 Å². The van der Waals surface area contributed by atoms with Crippen LogP contribution in [-0.2, 0) is 6.54 Å². The fraction of sp³-hybridized carbons (Fsp3) is 0.500. The lowest BCUT2D eigenvalue weighted by Crippen LogP contribution is -2.27. The number of rotatable bonds is 5. The van der Waals surface area contributed by atoms with E-state index in [-0.39, 0.29) is 5.56 Å². The Morgan fingerprint density at radius 3 is 2.69 bits per heavy atom. The Morgan fingerprint density at radius 2 is 2.12 bits per heavy atom. The van der Waals surface area contributed by atoms with Crippen LogP contribution in [0.25, 0.3) is 0 Å². The van der Waals surface area contributed by atoms with E-state index >= 15 is 0 Å². The number of carboxylic acid groups (broad SMARTS) is 1. The van der Waals surface area contributed by atoms with E-state index < -0.39 is 11.5 Å². The number of aromatic nitrogens is 1. The van der Waals surface area contributed by atoms with Gasteiger partial charge in [-0.3, -0.25) is 4.79 Å². The van der Waals surface area contributed by atoms with Gasteiger partial charge in [0.1, 0.15) is 5.56 Å². The Balaban J connectivity index is 3.00. The second kappa shape index (κ2) is 5.49. The minimum atomic E-state index is -1.15. The molecule has 0 aliphatic carbocycles. The van der Waals surface area contributed by atoms with Gasteiger partial charge in [0.2, 0.25) is 0 Å².